The molecule has 0 fully saturated rings. The molecule has 0 aliphatic rings. The third kappa shape index (κ3) is 3.80. The first-order chi connectivity index (χ1) is 12.3. The lowest BCUT2D eigenvalue weighted by Crippen LogP contribution is -2.05. The van der Waals surface area contributed by atoms with Gasteiger partial charge in [-0.05, 0) is 40.2 Å². The van der Waals surface area contributed by atoms with E-state index in [9.17, 15) is 0 Å². The molecule has 4 aromatic heterocycles. The van der Waals surface area contributed by atoms with Gasteiger partial charge in [-0.25, -0.2) is 4.68 Å². The van der Waals surface area contributed by atoms with E-state index in [1.165, 1.54) is 16.6 Å². The maximum atomic E-state index is 5.79. The van der Waals surface area contributed by atoms with Crippen LogP contribution in [0.3, 0.4) is 0 Å². The lowest BCUT2D eigenvalue weighted by Gasteiger charge is -2.06. The minimum Gasteiger partial charge on any atom is -0.419 e. The molecule has 25 heavy (non-hydrogen) atoms. The van der Waals surface area contributed by atoms with Crippen molar-refractivity contribution in [3.05, 3.63) is 45.8 Å². The van der Waals surface area contributed by atoms with Gasteiger partial charge in [-0.15, -0.1) is 38.0 Å². The highest BCUT2D eigenvalue weighted by atomic mass is 32.2. The fourth-order valence-corrected chi connectivity index (χ4v) is 4.39. The van der Waals surface area contributed by atoms with Crippen LogP contribution in [-0.2, 0) is 13.0 Å². The summed E-state index contributed by atoms with van der Waals surface area (Å²) in [6, 6.07) is 8.10. The molecule has 1 atom stereocenters. The molecule has 0 N–H and O–H groups in total. The van der Waals surface area contributed by atoms with Crippen LogP contribution < -0.4 is 0 Å². The van der Waals surface area contributed by atoms with Crippen LogP contribution in [-0.4, -0.2) is 30.4 Å². The second-order valence-corrected chi connectivity index (χ2v) is 8.48. The predicted molar refractivity (Wildman–Crippen MR) is 97.7 cm³/mol. The average Bonchev–Trinajstić information content (AvgIpc) is 3.40. The summed E-state index contributed by atoms with van der Waals surface area (Å²) in [5.41, 5.74) is 0. The minimum atomic E-state index is -0.0345. The number of tetrazole rings is 1. The van der Waals surface area contributed by atoms with Crippen molar-refractivity contribution in [3.63, 3.8) is 0 Å². The quantitative estimate of drug-likeness (QED) is 0.442. The highest BCUT2D eigenvalue weighted by Gasteiger charge is 2.20. The van der Waals surface area contributed by atoms with E-state index < -0.39 is 0 Å². The van der Waals surface area contributed by atoms with Gasteiger partial charge in [0.2, 0.25) is 11.0 Å². The maximum absolute atomic E-state index is 5.79. The van der Waals surface area contributed by atoms with Crippen molar-refractivity contribution in [2.45, 2.75) is 30.3 Å². The normalized spacial score (nSPS) is 12.5. The molecule has 0 bridgehead atoms. The zero-order valence-electron chi connectivity index (χ0n) is 13.3. The van der Waals surface area contributed by atoms with E-state index in [0.717, 1.165) is 23.0 Å². The van der Waals surface area contributed by atoms with E-state index in [1.54, 1.807) is 22.7 Å². The van der Waals surface area contributed by atoms with Crippen LogP contribution in [0.4, 0.5) is 0 Å². The zero-order valence-corrected chi connectivity index (χ0v) is 15.7. The maximum Gasteiger partial charge on any atom is 0.257 e. The van der Waals surface area contributed by atoms with Gasteiger partial charge in [-0.2, -0.15) is 0 Å². The van der Waals surface area contributed by atoms with E-state index in [-0.39, 0.29) is 5.25 Å². The first-order valence-electron chi connectivity index (χ1n) is 7.62. The lowest BCUT2D eigenvalue weighted by atomic mass is 10.3. The highest BCUT2D eigenvalue weighted by molar-refractivity contribution is 7.99. The van der Waals surface area contributed by atoms with Crippen molar-refractivity contribution in [3.8, 4) is 10.8 Å². The van der Waals surface area contributed by atoms with Crippen molar-refractivity contribution in [2.75, 3.05) is 0 Å². The minimum absolute atomic E-state index is 0.0345. The third-order valence-electron chi connectivity index (χ3n) is 3.45. The Morgan fingerprint density at radius 1 is 1.16 bits per heavy atom. The van der Waals surface area contributed by atoms with E-state index in [4.69, 9.17) is 4.42 Å². The molecule has 7 nitrogen and oxygen atoms in total. The Labute approximate surface area is 156 Å². The molecule has 0 aliphatic heterocycles. The van der Waals surface area contributed by atoms with Crippen LogP contribution in [0.5, 0.6) is 0 Å². The molecule has 0 aromatic carbocycles. The fraction of sp³-hybridized carbons (Fsp3) is 0.267. The number of hydrogen-bond acceptors (Lipinski definition) is 9. The molecule has 4 aromatic rings. The second-order valence-electron chi connectivity index (χ2n) is 5.20. The zero-order chi connectivity index (χ0) is 17.1. The Morgan fingerprint density at radius 3 is 2.84 bits per heavy atom. The molecule has 0 saturated heterocycles. The topological polar surface area (TPSA) is 82.5 Å². The summed E-state index contributed by atoms with van der Waals surface area (Å²) in [4.78, 5) is 2.29. The van der Waals surface area contributed by atoms with Gasteiger partial charge in [-0.1, -0.05) is 23.9 Å². The predicted octanol–water partition coefficient (Wildman–Crippen LogP) is 3.94. The van der Waals surface area contributed by atoms with Crippen LogP contribution in [0, 0.1) is 0 Å². The number of aryl methyl sites for hydroxylation is 2. The van der Waals surface area contributed by atoms with E-state index in [2.05, 4.69) is 43.2 Å². The van der Waals surface area contributed by atoms with E-state index >= 15 is 0 Å². The van der Waals surface area contributed by atoms with Gasteiger partial charge >= 0.3 is 0 Å². The summed E-state index contributed by atoms with van der Waals surface area (Å²) in [6.45, 7) is 2.75. The number of thiophene rings is 2. The SMILES string of the molecule is CC(Sc1nnnn1CCc1cccs1)c1nnc(-c2cccs2)o1. The Hall–Kier alpha value is -2.04. The molecule has 0 amide bonds. The van der Waals surface area contributed by atoms with Crippen LogP contribution in [0.2, 0.25) is 0 Å². The van der Waals surface area contributed by atoms with Crippen molar-refractivity contribution < 1.29 is 4.42 Å². The average molecular weight is 391 g/mol. The molecule has 0 spiro atoms. The van der Waals surface area contributed by atoms with Gasteiger partial charge in [0.15, 0.2) is 0 Å². The molecule has 0 aliphatic carbocycles. The van der Waals surface area contributed by atoms with Gasteiger partial charge in [0.05, 0.1) is 16.7 Å². The number of aromatic nitrogens is 6. The van der Waals surface area contributed by atoms with Crippen LogP contribution in [0.25, 0.3) is 10.8 Å². The summed E-state index contributed by atoms with van der Waals surface area (Å²) < 4.78 is 7.61. The van der Waals surface area contributed by atoms with Crippen LogP contribution in [0.1, 0.15) is 22.9 Å². The number of rotatable bonds is 7. The summed E-state index contributed by atoms with van der Waals surface area (Å²) in [5, 5.41) is 25.1. The number of thioether (sulfide) groups is 1. The smallest absolute Gasteiger partial charge is 0.257 e. The summed E-state index contributed by atoms with van der Waals surface area (Å²) in [7, 11) is 0. The molecular weight excluding hydrogens is 376 g/mol. The Kier molecular flexibility index (Phi) is 4.90. The van der Waals surface area contributed by atoms with E-state index in [0.29, 0.717) is 11.8 Å². The molecule has 4 heterocycles. The fourth-order valence-electron chi connectivity index (χ4n) is 2.20. The van der Waals surface area contributed by atoms with Crippen molar-refractivity contribution in [1.29, 1.82) is 0 Å². The van der Waals surface area contributed by atoms with Gasteiger partial charge in [-0.3, -0.25) is 0 Å². The number of hydrogen-bond donors (Lipinski definition) is 0. The van der Waals surface area contributed by atoms with Crippen molar-refractivity contribution in [1.82, 2.24) is 30.4 Å². The van der Waals surface area contributed by atoms with Gasteiger partial charge in [0.1, 0.15) is 0 Å². The second kappa shape index (κ2) is 7.46. The van der Waals surface area contributed by atoms with Gasteiger partial charge in [0.25, 0.3) is 5.89 Å². The van der Waals surface area contributed by atoms with Crippen molar-refractivity contribution >= 4 is 34.4 Å². The molecule has 128 valence electrons. The summed E-state index contributed by atoms with van der Waals surface area (Å²) in [6.07, 6.45) is 0.910. The third-order valence-corrected chi connectivity index (χ3v) is 6.30. The molecular formula is C15H14N6OS3. The summed E-state index contributed by atoms with van der Waals surface area (Å²) in [5.74, 6) is 1.12. The van der Waals surface area contributed by atoms with Crippen LogP contribution >= 0.6 is 34.4 Å². The first-order valence-corrected chi connectivity index (χ1v) is 10.3. The largest absolute Gasteiger partial charge is 0.419 e. The van der Waals surface area contributed by atoms with Gasteiger partial charge < -0.3 is 4.42 Å². The monoisotopic (exact) mass is 390 g/mol. The molecule has 0 radical (unpaired) electrons. The molecule has 1 unspecified atom stereocenters. The summed E-state index contributed by atoms with van der Waals surface area (Å²) >= 11 is 4.83. The lowest BCUT2D eigenvalue weighted by molar-refractivity contribution is 0.508. The van der Waals surface area contributed by atoms with Gasteiger partial charge in [0, 0.05) is 11.3 Å². The molecule has 0 saturated carbocycles. The van der Waals surface area contributed by atoms with Crippen LogP contribution in [0.15, 0.2) is 44.6 Å². The standard InChI is InChI=1S/C15H14N6OS3/c1-10(13-16-17-14(22-13)12-5-3-9-24-12)25-15-18-19-20-21(15)7-6-11-4-2-8-23-11/h2-5,8-10H,6-7H2,1H3. The van der Waals surface area contributed by atoms with E-state index in [1.807, 2.05) is 29.1 Å². The Bertz CT molecular complexity index is 915. The highest BCUT2D eigenvalue weighted by Crippen LogP contribution is 2.34. The molecule has 10 heteroatoms. The Balaban J connectivity index is 1.43. The Morgan fingerprint density at radius 2 is 2.04 bits per heavy atom. The number of nitrogens with zero attached hydrogens (tertiary/aromatic N) is 6. The van der Waals surface area contributed by atoms with Crippen molar-refractivity contribution in [2.24, 2.45) is 0 Å². The first kappa shape index (κ1) is 16.4. The molecule has 4 rings (SSSR count).